The molecule has 0 radical (unpaired) electrons. The molecule has 41 heavy (non-hydrogen) atoms. The highest BCUT2D eigenvalue weighted by Gasteiger charge is 2.17. The maximum atomic E-state index is 6.37. The summed E-state index contributed by atoms with van der Waals surface area (Å²) in [5.74, 6) is 0.913. The van der Waals surface area contributed by atoms with Gasteiger partial charge in [-0.2, -0.15) is 0 Å². The Labute approximate surface area is 238 Å². The number of para-hydroxylation sites is 1. The molecule has 0 fully saturated rings. The average molecular weight is 526 g/mol. The van der Waals surface area contributed by atoms with Crippen LogP contribution in [0.3, 0.4) is 0 Å². The molecule has 2 nitrogen and oxygen atoms in total. The topological polar surface area (TPSA) is 16.4 Å². The highest BCUT2D eigenvalue weighted by molar-refractivity contribution is 6.08. The quantitative estimate of drug-likeness (QED) is 0.212. The van der Waals surface area contributed by atoms with Crippen molar-refractivity contribution in [3.05, 3.63) is 151 Å². The van der Waals surface area contributed by atoms with E-state index in [0.29, 0.717) is 0 Å². The molecule has 0 bridgehead atoms. The van der Waals surface area contributed by atoms with Gasteiger partial charge in [-0.05, 0) is 81.7 Å². The van der Waals surface area contributed by atoms with Crippen molar-refractivity contribution >= 4 is 60.3 Å². The molecular formula is C39H27NO. The Morgan fingerprint density at radius 2 is 1.05 bits per heavy atom. The summed E-state index contributed by atoms with van der Waals surface area (Å²) in [5, 5.41) is 8.61. The van der Waals surface area contributed by atoms with Gasteiger partial charge in [0.05, 0.1) is 0 Å². The van der Waals surface area contributed by atoms with Crippen LogP contribution < -0.4 is 4.90 Å². The van der Waals surface area contributed by atoms with E-state index in [1.165, 1.54) is 32.3 Å². The Balaban J connectivity index is 1.33. The van der Waals surface area contributed by atoms with Crippen LogP contribution in [0.25, 0.3) is 54.6 Å². The number of furan rings is 1. The monoisotopic (exact) mass is 525 g/mol. The molecule has 0 spiro atoms. The fourth-order valence-electron chi connectivity index (χ4n) is 6.14. The Bertz CT molecular complexity index is 2240. The number of benzene rings is 7. The number of fused-ring (bicyclic) bond motifs is 5. The third-order valence-corrected chi connectivity index (χ3v) is 8.19. The van der Waals surface area contributed by atoms with Crippen LogP contribution in [0.1, 0.15) is 5.56 Å². The second-order valence-corrected chi connectivity index (χ2v) is 10.7. The molecule has 0 aliphatic carbocycles. The van der Waals surface area contributed by atoms with E-state index in [1.54, 1.807) is 0 Å². The van der Waals surface area contributed by atoms with Gasteiger partial charge >= 0.3 is 0 Å². The van der Waals surface area contributed by atoms with E-state index in [4.69, 9.17) is 4.42 Å². The fraction of sp³-hybridized carbons (Fsp3) is 0.0256. The van der Waals surface area contributed by atoms with Crippen molar-refractivity contribution in [2.24, 2.45) is 0 Å². The Hall–Kier alpha value is -5.34. The van der Waals surface area contributed by atoms with Gasteiger partial charge in [0.1, 0.15) is 11.3 Å². The van der Waals surface area contributed by atoms with Crippen LogP contribution in [0.15, 0.2) is 150 Å². The van der Waals surface area contributed by atoms with Crippen LogP contribution in [0.5, 0.6) is 0 Å². The molecule has 0 unspecified atom stereocenters. The Kier molecular flexibility index (Phi) is 5.39. The molecule has 8 aromatic rings. The van der Waals surface area contributed by atoms with Gasteiger partial charge in [-0.25, -0.2) is 0 Å². The number of nitrogens with zero attached hydrogens (tertiary/aromatic N) is 1. The fourth-order valence-corrected chi connectivity index (χ4v) is 6.14. The van der Waals surface area contributed by atoms with E-state index in [1.807, 2.05) is 12.1 Å². The van der Waals surface area contributed by atoms with E-state index in [9.17, 15) is 0 Å². The van der Waals surface area contributed by atoms with Crippen molar-refractivity contribution in [3.8, 4) is 11.3 Å². The lowest BCUT2D eigenvalue weighted by Crippen LogP contribution is -2.10. The second-order valence-electron chi connectivity index (χ2n) is 10.7. The summed E-state index contributed by atoms with van der Waals surface area (Å²) in [4.78, 5) is 2.35. The summed E-state index contributed by atoms with van der Waals surface area (Å²) in [6.07, 6.45) is 0. The van der Waals surface area contributed by atoms with Crippen LogP contribution in [0, 0.1) is 6.92 Å². The largest absolute Gasteiger partial charge is 0.456 e. The summed E-state index contributed by atoms with van der Waals surface area (Å²) in [6, 6.07) is 52.0. The zero-order valence-electron chi connectivity index (χ0n) is 22.7. The maximum Gasteiger partial charge on any atom is 0.138 e. The molecule has 7 aromatic carbocycles. The zero-order chi connectivity index (χ0) is 27.3. The minimum atomic E-state index is 0.913. The van der Waals surface area contributed by atoms with Crippen molar-refractivity contribution in [1.29, 1.82) is 0 Å². The number of rotatable bonds is 4. The molecule has 0 atom stereocenters. The summed E-state index contributed by atoms with van der Waals surface area (Å²) >= 11 is 0. The Morgan fingerprint density at radius 1 is 0.439 bits per heavy atom. The van der Waals surface area contributed by atoms with Crippen molar-refractivity contribution < 1.29 is 4.42 Å². The van der Waals surface area contributed by atoms with E-state index in [2.05, 4.69) is 145 Å². The van der Waals surface area contributed by atoms with E-state index in [0.717, 1.165) is 44.9 Å². The lowest BCUT2D eigenvalue weighted by Gasteiger charge is -2.26. The zero-order valence-corrected chi connectivity index (χ0v) is 22.7. The molecule has 0 N–H and O–H groups in total. The van der Waals surface area contributed by atoms with Crippen LogP contribution >= 0.6 is 0 Å². The highest BCUT2D eigenvalue weighted by Crippen LogP contribution is 2.41. The maximum absolute atomic E-state index is 6.37. The van der Waals surface area contributed by atoms with E-state index in [-0.39, 0.29) is 0 Å². The van der Waals surface area contributed by atoms with Gasteiger partial charge in [-0.3, -0.25) is 0 Å². The normalized spacial score (nSPS) is 11.5. The molecular weight excluding hydrogens is 498 g/mol. The number of anilines is 3. The smallest absolute Gasteiger partial charge is 0.138 e. The molecule has 0 amide bonds. The van der Waals surface area contributed by atoms with Crippen molar-refractivity contribution in [1.82, 2.24) is 0 Å². The molecule has 0 saturated heterocycles. The van der Waals surface area contributed by atoms with Crippen molar-refractivity contribution in [3.63, 3.8) is 0 Å². The first-order valence-electron chi connectivity index (χ1n) is 14.0. The minimum absolute atomic E-state index is 0.913. The minimum Gasteiger partial charge on any atom is -0.456 e. The number of hydrogen-bond acceptors (Lipinski definition) is 2. The van der Waals surface area contributed by atoms with Gasteiger partial charge in [0.2, 0.25) is 0 Å². The molecule has 1 heterocycles. The lowest BCUT2D eigenvalue weighted by molar-refractivity contribution is 0.629. The predicted molar refractivity (Wildman–Crippen MR) is 174 cm³/mol. The standard InChI is InChI=1S/C39H27NO/c1-26-35-14-6-7-16-38(35)41-39(26)31-12-8-13-32(25-31)40(33-20-19-27-9-2-3-11-29(27)23-33)34-21-22-37-30(24-34)18-17-28-10-4-5-15-36(28)37/h2-25H,1H3. The van der Waals surface area contributed by atoms with Crippen LogP contribution in [-0.4, -0.2) is 0 Å². The highest BCUT2D eigenvalue weighted by atomic mass is 16.3. The van der Waals surface area contributed by atoms with E-state index < -0.39 is 0 Å². The Morgan fingerprint density at radius 3 is 1.90 bits per heavy atom. The van der Waals surface area contributed by atoms with Crippen LogP contribution in [0.4, 0.5) is 17.1 Å². The number of aryl methyl sites for hydroxylation is 1. The van der Waals surface area contributed by atoms with Gasteiger partial charge in [0.15, 0.2) is 0 Å². The van der Waals surface area contributed by atoms with Gasteiger partial charge in [-0.1, -0.05) is 103 Å². The molecule has 194 valence electrons. The van der Waals surface area contributed by atoms with Gasteiger partial charge < -0.3 is 9.32 Å². The van der Waals surface area contributed by atoms with E-state index >= 15 is 0 Å². The first-order chi connectivity index (χ1) is 20.2. The van der Waals surface area contributed by atoms with Crippen LogP contribution in [0.2, 0.25) is 0 Å². The second kappa shape index (κ2) is 9.39. The SMILES string of the molecule is Cc1c(-c2cccc(N(c3ccc4ccccc4c3)c3ccc4c(ccc5ccccc54)c3)c2)oc2ccccc12. The molecule has 2 heteroatoms. The molecule has 0 saturated carbocycles. The van der Waals surface area contributed by atoms with Gasteiger partial charge in [0.25, 0.3) is 0 Å². The van der Waals surface area contributed by atoms with Gasteiger partial charge in [-0.15, -0.1) is 0 Å². The predicted octanol–water partition coefficient (Wildman–Crippen LogP) is 11.3. The van der Waals surface area contributed by atoms with Crippen molar-refractivity contribution in [2.45, 2.75) is 6.92 Å². The summed E-state index contributed by atoms with van der Waals surface area (Å²) in [7, 11) is 0. The van der Waals surface area contributed by atoms with Gasteiger partial charge in [0, 0.05) is 33.6 Å². The first kappa shape index (κ1) is 23.5. The molecule has 0 aliphatic heterocycles. The van der Waals surface area contributed by atoms with Crippen molar-refractivity contribution in [2.75, 3.05) is 4.90 Å². The summed E-state index contributed by atoms with van der Waals surface area (Å²) in [6.45, 7) is 2.14. The molecule has 8 rings (SSSR count). The third-order valence-electron chi connectivity index (χ3n) is 8.19. The van der Waals surface area contributed by atoms with Crippen LogP contribution in [-0.2, 0) is 0 Å². The number of hydrogen-bond donors (Lipinski definition) is 0. The first-order valence-corrected chi connectivity index (χ1v) is 14.0. The molecule has 1 aromatic heterocycles. The summed E-state index contributed by atoms with van der Waals surface area (Å²) < 4.78 is 6.37. The molecule has 0 aliphatic rings. The third kappa shape index (κ3) is 3.96. The summed E-state index contributed by atoms with van der Waals surface area (Å²) in [5.41, 5.74) is 6.45. The average Bonchev–Trinajstić information content (AvgIpc) is 3.37. The lowest BCUT2D eigenvalue weighted by atomic mass is 10.0.